The number of rotatable bonds is 6. The van der Waals surface area contributed by atoms with Crippen LogP contribution in [0.5, 0.6) is 5.75 Å². The Morgan fingerprint density at radius 3 is 2.81 bits per heavy atom. The zero-order chi connectivity index (χ0) is 18.5. The maximum absolute atomic E-state index is 12.8. The number of methoxy groups -OCH3 is 1. The average molecular weight is 351 g/mol. The van der Waals surface area contributed by atoms with Gasteiger partial charge in [-0.15, -0.1) is 0 Å². The fourth-order valence-electron chi connectivity index (χ4n) is 2.87. The van der Waals surface area contributed by atoms with E-state index in [4.69, 9.17) is 4.74 Å². The molecule has 134 valence electrons. The van der Waals surface area contributed by atoms with Crippen molar-refractivity contribution >= 4 is 16.8 Å². The third-order valence-electron chi connectivity index (χ3n) is 4.18. The first-order valence-electron chi connectivity index (χ1n) is 8.51. The Hall–Kier alpha value is -3.15. The Balaban J connectivity index is 1.94. The average Bonchev–Trinajstić information content (AvgIpc) is 2.68. The topological polar surface area (TPSA) is 75.3 Å². The predicted octanol–water partition coefficient (Wildman–Crippen LogP) is 2.98. The molecule has 3 aromatic rings. The Kier molecular flexibility index (Phi) is 5.31. The molecule has 2 heterocycles. The summed E-state index contributed by atoms with van der Waals surface area (Å²) in [5, 5.41) is 0.865. The molecule has 0 saturated heterocycles. The van der Waals surface area contributed by atoms with Crippen LogP contribution in [-0.4, -0.2) is 34.4 Å². The van der Waals surface area contributed by atoms with E-state index in [9.17, 15) is 9.59 Å². The lowest BCUT2D eigenvalue weighted by molar-refractivity contribution is 0.0742. The number of fused-ring (bicyclic) bond motifs is 1. The number of benzene rings is 1. The van der Waals surface area contributed by atoms with Crippen LogP contribution in [0.3, 0.4) is 0 Å². The molecule has 0 aliphatic heterocycles. The molecule has 6 heteroatoms. The second kappa shape index (κ2) is 7.82. The molecule has 1 aromatic carbocycles. The van der Waals surface area contributed by atoms with Crippen molar-refractivity contribution in [1.29, 1.82) is 0 Å². The quantitative estimate of drug-likeness (QED) is 0.741. The maximum Gasteiger partial charge on any atom is 0.255 e. The van der Waals surface area contributed by atoms with Crippen molar-refractivity contribution in [1.82, 2.24) is 14.9 Å². The number of nitrogens with zero attached hydrogens (tertiary/aromatic N) is 2. The van der Waals surface area contributed by atoms with E-state index < -0.39 is 0 Å². The smallest absolute Gasteiger partial charge is 0.255 e. The van der Waals surface area contributed by atoms with Crippen molar-refractivity contribution < 1.29 is 9.53 Å². The molecule has 3 rings (SSSR count). The van der Waals surface area contributed by atoms with Crippen LogP contribution in [0.15, 0.2) is 53.6 Å². The number of carbonyl (C=O) groups excluding carboxylic acids is 1. The van der Waals surface area contributed by atoms with Crippen molar-refractivity contribution in [3.8, 4) is 5.75 Å². The van der Waals surface area contributed by atoms with Gasteiger partial charge in [0.15, 0.2) is 0 Å². The SMILES string of the molecule is CCCN(Cc1cc2cc(OC)ccc2[nH]c1=O)C(=O)c1cccnc1. The summed E-state index contributed by atoms with van der Waals surface area (Å²) in [5.74, 6) is 0.581. The molecule has 0 aliphatic carbocycles. The molecule has 1 amide bonds. The number of nitrogens with one attached hydrogen (secondary N) is 1. The molecule has 0 spiro atoms. The Morgan fingerprint density at radius 1 is 1.27 bits per heavy atom. The van der Waals surface area contributed by atoms with E-state index in [0.717, 1.165) is 17.3 Å². The third kappa shape index (κ3) is 3.74. The minimum Gasteiger partial charge on any atom is -0.497 e. The number of aromatic nitrogens is 2. The number of hydrogen-bond acceptors (Lipinski definition) is 4. The highest BCUT2D eigenvalue weighted by Gasteiger charge is 2.17. The first-order chi connectivity index (χ1) is 12.6. The van der Waals surface area contributed by atoms with Gasteiger partial charge in [0.25, 0.3) is 11.5 Å². The first-order valence-corrected chi connectivity index (χ1v) is 8.51. The summed E-state index contributed by atoms with van der Waals surface area (Å²) in [4.78, 5) is 33.8. The largest absolute Gasteiger partial charge is 0.497 e. The van der Waals surface area contributed by atoms with E-state index in [-0.39, 0.29) is 18.0 Å². The molecule has 0 radical (unpaired) electrons. The van der Waals surface area contributed by atoms with Crippen LogP contribution < -0.4 is 10.3 Å². The molecule has 0 aliphatic rings. The standard InChI is InChI=1S/C20H21N3O3/c1-3-9-23(20(25)14-5-4-8-21-12-14)13-16-10-15-11-17(26-2)6-7-18(15)22-19(16)24/h4-8,10-12H,3,9,13H2,1-2H3,(H,22,24). The Labute approximate surface area is 151 Å². The third-order valence-corrected chi connectivity index (χ3v) is 4.18. The zero-order valence-corrected chi connectivity index (χ0v) is 14.9. The Morgan fingerprint density at radius 2 is 2.12 bits per heavy atom. The second-order valence-electron chi connectivity index (χ2n) is 6.05. The van der Waals surface area contributed by atoms with Crippen molar-refractivity contribution in [2.24, 2.45) is 0 Å². The van der Waals surface area contributed by atoms with E-state index >= 15 is 0 Å². The monoisotopic (exact) mass is 351 g/mol. The highest BCUT2D eigenvalue weighted by Crippen LogP contribution is 2.19. The van der Waals surface area contributed by atoms with E-state index in [1.807, 2.05) is 25.1 Å². The number of ether oxygens (including phenoxy) is 1. The molecule has 26 heavy (non-hydrogen) atoms. The van der Waals surface area contributed by atoms with Gasteiger partial charge in [0, 0.05) is 35.4 Å². The van der Waals surface area contributed by atoms with E-state index in [2.05, 4.69) is 9.97 Å². The summed E-state index contributed by atoms with van der Waals surface area (Å²) in [6.45, 7) is 2.80. The fourth-order valence-corrected chi connectivity index (χ4v) is 2.87. The summed E-state index contributed by atoms with van der Waals surface area (Å²) in [7, 11) is 1.60. The molecule has 0 saturated carbocycles. The van der Waals surface area contributed by atoms with Crippen molar-refractivity contribution in [2.75, 3.05) is 13.7 Å². The molecule has 2 aromatic heterocycles. The van der Waals surface area contributed by atoms with Crippen molar-refractivity contribution in [3.05, 3.63) is 70.3 Å². The van der Waals surface area contributed by atoms with Crippen LogP contribution >= 0.6 is 0 Å². The predicted molar refractivity (Wildman–Crippen MR) is 100 cm³/mol. The second-order valence-corrected chi connectivity index (χ2v) is 6.05. The fraction of sp³-hybridized carbons (Fsp3) is 0.250. The lowest BCUT2D eigenvalue weighted by Crippen LogP contribution is -2.33. The van der Waals surface area contributed by atoms with Gasteiger partial charge in [0.2, 0.25) is 0 Å². The van der Waals surface area contributed by atoms with E-state index in [1.54, 1.807) is 42.6 Å². The number of pyridine rings is 2. The summed E-state index contributed by atoms with van der Waals surface area (Å²) in [5.41, 5.74) is 1.60. The molecular weight excluding hydrogens is 330 g/mol. The molecule has 0 bridgehead atoms. The number of hydrogen-bond donors (Lipinski definition) is 1. The van der Waals surface area contributed by atoms with Crippen LogP contribution in [0.4, 0.5) is 0 Å². The normalized spacial score (nSPS) is 10.7. The number of amides is 1. The van der Waals surface area contributed by atoms with Gasteiger partial charge in [0.1, 0.15) is 5.75 Å². The van der Waals surface area contributed by atoms with Gasteiger partial charge in [-0.1, -0.05) is 6.92 Å². The highest BCUT2D eigenvalue weighted by molar-refractivity contribution is 5.93. The van der Waals surface area contributed by atoms with Gasteiger partial charge in [-0.2, -0.15) is 0 Å². The van der Waals surface area contributed by atoms with Crippen LogP contribution in [0.25, 0.3) is 10.9 Å². The van der Waals surface area contributed by atoms with E-state index in [1.165, 1.54) is 0 Å². The molecular formula is C20H21N3O3. The minimum absolute atomic E-state index is 0.134. The van der Waals surface area contributed by atoms with Crippen LogP contribution in [-0.2, 0) is 6.54 Å². The lowest BCUT2D eigenvalue weighted by atomic mass is 10.1. The molecule has 0 atom stereocenters. The van der Waals surface area contributed by atoms with Crippen molar-refractivity contribution in [3.63, 3.8) is 0 Å². The van der Waals surface area contributed by atoms with Gasteiger partial charge >= 0.3 is 0 Å². The van der Waals surface area contributed by atoms with Gasteiger partial charge in [0.05, 0.1) is 19.2 Å². The van der Waals surface area contributed by atoms with Crippen molar-refractivity contribution in [2.45, 2.75) is 19.9 Å². The molecule has 0 fully saturated rings. The van der Waals surface area contributed by atoms with Crippen LogP contribution in [0.1, 0.15) is 29.3 Å². The molecule has 1 N–H and O–H groups in total. The summed E-state index contributed by atoms with van der Waals surface area (Å²) >= 11 is 0. The molecule has 6 nitrogen and oxygen atoms in total. The lowest BCUT2D eigenvalue weighted by Gasteiger charge is -2.22. The van der Waals surface area contributed by atoms with Gasteiger partial charge in [-0.05, 0) is 42.8 Å². The van der Waals surface area contributed by atoms with Crippen LogP contribution in [0.2, 0.25) is 0 Å². The van der Waals surface area contributed by atoms with Gasteiger partial charge < -0.3 is 14.6 Å². The van der Waals surface area contributed by atoms with Gasteiger partial charge in [-0.25, -0.2) is 0 Å². The number of aromatic amines is 1. The summed E-state index contributed by atoms with van der Waals surface area (Å²) < 4.78 is 5.24. The Bertz CT molecular complexity index is 967. The summed E-state index contributed by atoms with van der Waals surface area (Å²) in [6, 6.07) is 10.7. The highest BCUT2D eigenvalue weighted by atomic mass is 16.5. The zero-order valence-electron chi connectivity index (χ0n) is 14.9. The molecule has 0 unspecified atom stereocenters. The minimum atomic E-state index is -0.192. The number of carbonyl (C=O) groups is 1. The van der Waals surface area contributed by atoms with Crippen LogP contribution in [0, 0.1) is 0 Å². The van der Waals surface area contributed by atoms with E-state index in [0.29, 0.717) is 23.4 Å². The number of H-pyrrole nitrogens is 1. The summed E-state index contributed by atoms with van der Waals surface area (Å²) in [6.07, 6.45) is 3.97. The maximum atomic E-state index is 12.8. The first kappa shape index (κ1) is 17.7. The van der Waals surface area contributed by atoms with Gasteiger partial charge in [-0.3, -0.25) is 14.6 Å².